The van der Waals surface area contributed by atoms with E-state index in [9.17, 15) is 0 Å². The summed E-state index contributed by atoms with van der Waals surface area (Å²) in [5.74, 6) is 0.611. The van der Waals surface area contributed by atoms with E-state index in [0.29, 0.717) is 28.5 Å². The molecule has 2 rings (SSSR count). The largest absolute Gasteiger partial charge is 0.382 e. The molecular weight excluding hydrogens is 246 g/mol. The Labute approximate surface area is 121 Å². The Morgan fingerprint density at radius 3 is 2.50 bits per heavy atom. The lowest BCUT2D eigenvalue weighted by Crippen LogP contribution is -2.36. The van der Waals surface area contributed by atoms with Gasteiger partial charge in [-0.1, -0.05) is 20.8 Å². The minimum atomic E-state index is 0.431. The van der Waals surface area contributed by atoms with Crippen LogP contribution < -0.4 is 5.32 Å². The fourth-order valence-electron chi connectivity index (χ4n) is 3.20. The van der Waals surface area contributed by atoms with E-state index >= 15 is 0 Å². The van der Waals surface area contributed by atoms with Crippen molar-refractivity contribution >= 4 is 5.69 Å². The van der Waals surface area contributed by atoms with Crippen molar-refractivity contribution in [2.45, 2.75) is 46.1 Å². The molecule has 0 bridgehead atoms. The maximum atomic E-state index is 9.07. The van der Waals surface area contributed by atoms with Crippen LogP contribution in [0.2, 0.25) is 0 Å². The number of nitrogens with one attached hydrogen (secondary N) is 1. The Balaban J connectivity index is 2.12. The molecule has 0 spiro atoms. The average Bonchev–Trinajstić information content (AvgIpc) is 2.41. The molecule has 1 fully saturated rings. The molecule has 1 aliphatic carbocycles. The predicted octanol–water partition coefficient (Wildman–Crippen LogP) is 4.06. The number of hydrogen-bond donors (Lipinski definition) is 1. The third kappa shape index (κ3) is 3.11. The normalized spacial score (nSPS) is 24.4. The first-order valence-electron chi connectivity index (χ1n) is 7.16. The first-order valence-corrected chi connectivity index (χ1v) is 7.16. The van der Waals surface area contributed by atoms with Gasteiger partial charge in [-0.2, -0.15) is 10.5 Å². The molecule has 104 valence electrons. The van der Waals surface area contributed by atoms with Gasteiger partial charge in [-0.3, -0.25) is 0 Å². The van der Waals surface area contributed by atoms with Crippen LogP contribution in [0.3, 0.4) is 0 Å². The van der Waals surface area contributed by atoms with Crippen LogP contribution in [-0.2, 0) is 0 Å². The van der Waals surface area contributed by atoms with Gasteiger partial charge >= 0.3 is 0 Å². The van der Waals surface area contributed by atoms with Crippen molar-refractivity contribution in [3.63, 3.8) is 0 Å². The molecule has 1 saturated carbocycles. The summed E-state index contributed by atoms with van der Waals surface area (Å²) in [6, 6.07) is 9.98. The Bertz CT molecular complexity index is 575. The second kappa shape index (κ2) is 5.55. The van der Waals surface area contributed by atoms with Crippen LogP contribution in [0.1, 0.15) is 51.2 Å². The van der Waals surface area contributed by atoms with Crippen LogP contribution in [0.4, 0.5) is 5.69 Å². The summed E-state index contributed by atoms with van der Waals surface area (Å²) in [6.45, 7) is 6.94. The highest BCUT2D eigenvalue weighted by Crippen LogP contribution is 2.39. The molecule has 2 unspecified atom stereocenters. The van der Waals surface area contributed by atoms with Gasteiger partial charge in [0.1, 0.15) is 12.1 Å². The lowest BCUT2D eigenvalue weighted by atomic mass is 9.70. The van der Waals surface area contributed by atoms with Gasteiger partial charge in [0.2, 0.25) is 0 Å². The summed E-state index contributed by atoms with van der Waals surface area (Å²) < 4.78 is 0. The van der Waals surface area contributed by atoms with Gasteiger partial charge < -0.3 is 5.32 Å². The monoisotopic (exact) mass is 267 g/mol. The van der Waals surface area contributed by atoms with Crippen molar-refractivity contribution in [2.24, 2.45) is 11.3 Å². The van der Waals surface area contributed by atoms with E-state index in [1.807, 2.05) is 12.1 Å². The molecule has 3 nitrogen and oxygen atoms in total. The Kier molecular flexibility index (Phi) is 4.00. The van der Waals surface area contributed by atoms with Crippen LogP contribution in [0.25, 0.3) is 0 Å². The number of nitrogens with zero attached hydrogens (tertiary/aromatic N) is 2. The molecule has 1 N–H and O–H groups in total. The standard InChI is InChI=1S/C17H21N3/c1-12-9-17(2,3)7-6-16(12)20-15-5-4-13(10-18)14(8-15)11-19/h4-5,8,12,16,20H,6-7,9H2,1-3H3. The number of rotatable bonds is 2. The predicted molar refractivity (Wildman–Crippen MR) is 80.1 cm³/mol. The van der Waals surface area contributed by atoms with Gasteiger partial charge in [-0.15, -0.1) is 0 Å². The van der Waals surface area contributed by atoms with E-state index < -0.39 is 0 Å². The molecule has 1 aromatic rings. The molecule has 0 amide bonds. The highest BCUT2D eigenvalue weighted by molar-refractivity contribution is 5.56. The third-order valence-electron chi connectivity index (χ3n) is 4.31. The van der Waals surface area contributed by atoms with E-state index in [0.717, 1.165) is 12.1 Å². The fourth-order valence-corrected chi connectivity index (χ4v) is 3.20. The zero-order valence-electron chi connectivity index (χ0n) is 12.4. The van der Waals surface area contributed by atoms with E-state index in [1.54, 1.807) is 12.1 Å². The molecule has 1 aromatic carbocycles. The van der Waals surface area contributed by atoms with Crippen LogP contribution >= 0.6 is 0 Å². The molecule has 3 heteroatoms. The topological polar surface area (TPSA) is 59.6 Å². The van der Waals surface area contributed by atoms with Crippen LogP contribution in [-0.4, -0.2) is 6.04 Å². The van der Waals surface area contributed by atoms with Crippen LogP contribution in [0.5, 0.6) is 0 Å². The second-order valence-corrected chi connectivity index (χ2v) is 6.62. The minimum Gasteiger partial charge on any atom is -0.382 e. The SMILES string of the molecule is CC1CC(C)(C)CCC1Nc1ccc(C#N)c(C#N)c1. The first kappa shape index (κ1) is 14.4. The maximum Gasteiger partial charge on any atom is 0.101 e. The molecule has 0 aliphatic heterocycles. The summed E-state index contributed by atoms with van der Waals surface area (Å²) in [6.07, 6.45) is 3.58. The number of benzene rings is 1. The third-order valence-corrected chi connectivity index (χ3v) is 4.31. The van der Waals surface area contributed by atoms with Gasteiger partial charge in [-0.05, 0) is 48.8 Å². The van der Waals surface area contributed by atoms with E-state index in [2.05, 4.69) is 32.2 Å². The van der Waals surface area contributed by atoms with Gasteiger partial charge in [0.05, 0.1) is 11.1 Å². The highest BCUT2D eigenvalue weighted by Gasteiger charge is 2.32. The summed E-state index contributed by atoms with van der Waals surface area (Å²) >= 11 is 0. The molecule has 0 radical (unpaired) electrons. The Morgan fingerprint density at radius 2 is 1.90 bits per heavy atom. The van der Waals surface area contributed by atoms with E-state index in [-0.39, 0.29) is 0 Å². The summed E-state index contributed by atoms with van der Waals surface area (Å²) in [5.41, 5.74) is 2.26. The minimum absolute atomic E-state index is 0.431. The zero-order valence-corrected chi connectivity index (χ0v) is 12.4. The first-order chi connectivity index (χ1) is 9.45. The van der Waals surface area contributed by atoms with Crippen molar-refractivity contribution in [2.75, 3.05) is 5.32 Å². The number of anilines is 1. The van der Waals surface area contributed by atoms with E-state index in [1.165, 1.54) is 12.8 Å². The lowest BCUT2D eigenvalue weighted by Gasteiger charge is -2.40. The summed E-state index contributed by atoms with van der Waals surface area (Å²) in [5, 5.41) is 21.5. The van der Waals surface area contributed by atoms with Crippen molar-refractivity contribution in [1.29, 1.82) is 10.5 Å². The van der Waals surface area contributed by atoms with Gasteiger partial charge in [0.25, 0.3) is 0 Å². The van der Waals surface area contributed by atoms with E-state index in [4.69, 9.17) is 10.5 Å². The smallest absolute Gasteiger partial charge is 0.101 e. The van der Waals surface area contributed by atoms with Crippen molar-refractivity contribution in [3.05, 3.63) is 29.3 Å². The van der Waals surface area contributed by atoms with Gasteiger partial charge in [0.15, 0.2) is 0 Å². The van der Waals surface area contributed by atoms with Crippen LogP contribution in [0.15, 0.2) is 18.2 Å². The molecule has 2 atom stereocenters. The van der Waals surface area contributed by atoms with Crippen molar-refractivity contribution in [1.82, 2.24) is 0 Å². The van der Waals surface area contributed by atoms with Crippen LogP contribution in [0, 0.1) is 34.0 Å². The lowest BCUT2D eigenvalue weighted by molar-refractivity contribution is 0.177. The average molecular weight is 267 g/mol. The summed E-state index contributed by atoms with van der Waals surface area (Å²) in [4.78, 5) is 0. The number of hydrogen-bond acceptors (Lipinski definition) is 3. The second-order valence-electron chi connectivity index (χ2n) is 6.62. The van der Waals surface area contributed by atoms with Crippen molar-refractivity contribution in [3.8, 4) is 12.1 Å². The molecule has 0 heterocycles. The molecule has 1 aliphatic rings. The quantitative estimate of drug-likeness (QED) is 0.879. The van der Waals surface area contributed by atoms with Gasteiger partial charge in [0, 0.05) is 11.7 Å². The highest BCUT2D eigenvalue weighted by atomic mass is 14.9. The maximum absolute atomic E-state index is 9.07. The van der Waals surface area contributed by atoms with Crippen molar-refractivity contribution < 1.29 is 0 Å². The Morgan fingerprint density at radius 1 is 1.20 bits per heavy atom. The summed E-state index contributed by atoms with van der Waals surface area (Å²) in [7, 11) is 0. The Hall–Kier alpha value is -2.00. The number of nitriles is 2. The fraction of sp³-hybridized carbons (Fsp3) is 0.529. The molecule has 0 aromatic heterocycles. The molecule has 0 saturated heterocycles. The zero-order chi connectivity index (χ0) is 14.8. The molecule has 20 heavy (non-hydrogen) atoms. The molecular formula is C17H21N3. The van der Waals surface area contributed by atoms with Gasteiger partial charge in [-0.25, -0.2) is 0 Å².